The monoisotopic (exact) mass is 255 g/mol. The van der Waals surface area contributed by atoms with E-state index in [0.29, 0.717) is 6.61 Å². The first kappa shape index (κ1) is 11.2. The summed E-state index contributed by atoms with van der Waals surface area (Å²) >= 11 is 1.77. The molecule has 90 valence electrons. The average molecular weight is 255 g/mol. The Balaban J connectivity index is 1.74. The second-order valence-electron chi connectivity index (χ2n) is 4.00. The van der Waals surface area contributed by atoms with Crippen molar-refractivity contribution in [3.8, 4) is 5.75 Å². The zero-order valence-corrected chi connectivity index (χ0v) is 10.7. The fourth-order valence-corrected chi connectivity index (χ4v) is 2.60. The van der Waals surface area contributed by atoms with Crippen molar-refractivity contribution in [1.29, 1.82) is 0 Å². The number of rotatable bonds is 4. The minimum Gasteiger partial charge on any atom is -0.492 e. The Hall–Kier alpha value is -1.87. The van der Waals surface area contributed by atoms with E-state index in [0.717, 1.165) is 23.1 Å². The van der Waals surface area contributed by atoms with Crippen molar-refractivity contribution in [2.24, 2.45) is 0 Å². The minimum atomic E-state index is 0.703. The number of hydrogen-bond acceptors (Lipinski definition) is 3. The number of para-hydroxylation sites is 1. The van der Waals surface area contributed by atoms with E-state index in [1.54, 1.807) is 17.5 Å². The maximum atomic E-state index is 5.86. The molecule has 18 heavy (non-hydrogen) atoms. The van der Waals surface area contributed by atoms with Crippen molar-refractivity contribution >= 4 is 22.2 Å². The number of thiophene rings is 1. The number of fused-ring (bicyclic) bond motifs is 1. The Bertz CT molecular complexity index is 629. The molecule has 0 spiro atoms. The number of ether oxygens (including phenoxy) is 1. The molecule has 0 N–H and O–H groups in total. The molecule has 0 aliphatic carbocycles. The van der Waals surface area contributed by atoms with Crippen molar-refractivity contribution < 1.29 is 4.74 Å². The Morgan fingerprint density at radius 3 is 2.89 bits per heavy atom. The van der Waals surface area contributed by atoms with Gasteiger partial charge in [0.15, 0.2) is 0 Å². The number of aromatic nitrogens is 1. The van der Waals surface area contributed by atoms with Crippen LogP contribution in [0.4, 0.5) is 0 Å². The van der Waals surface area contributed by atoms with Crippen molar-refractivity contribution in [2.45, 2.75) is 6.42 Å². The molecule has 2 heterocycles. The number of hydrogen-bond donors (Lipinski definition) is 0. The third kappa shape index (κ3) is 2.36. The van der Waals surface area contributed by atoms with Crippen LogP contribution in [0.25, 0.3) is 10.9 Å². The minimum absolute atomic E-state index is 0.703. The highest BCUT2D eigenvalue weighted by Crippen LogP contribution is 2.23. The number of benzene rings is 1. The summed E-state index contributed by atoms with van der Waals surface area (Å²) in [4.78, 5) is 5.68. The highest BCUT2D eigenvalue weighted by atomic mass is 32.1. The molecule has 0 aliphatic rings. The van der Waals surface area contributed by atoms with E-state index in [2.05, 4.69) is 22.5 Å². The van der Waals surface area contributed by atoms with E-state index in [1.165, 1.54) is 4.88 Å². The molecule has 0 aliphatic heterocycles. The van der Waals surface area contributed by atoms with Crippen LogP contribution in [0.2, 0.25) is 0 Å². The quantitative estimate of drug-likeness (QED) is 0.705. The standard InChI is InChI=1S/C15H13NOS/c1-2-6-14-13(5-1)15(7-9-16-14)17-10-8-12-4-3-11-18-12/h1-7,9,11H,8,10H2. The van der Waals surface area contributed by atoms with Crippen LogP contribution in [0.3, 0.4) is 0 Å². The van der Waals surface area contributed by atoms with Gasteiger partial charge >= 0.3 is 0 Å². The Morgan fingerprint density at radius 2 is 2.00 bits per heavy atom. The fourth-order valence-electron chi connectivity index (χ4n) is 1.91. The highest BCUT2D eigenvalue weighted by Gasteiger charge is 2.02. The lowest BCUT2D eigenvalue weighted by atomic mass is 10.2. The molecule has 3 aromatic rings. The molecule has 1 aromatic carbocycles. The summed E-state index contributed by atoms with van der Waals surface area (Å²) in [6, 6.07) is 14.2. The maximum Gasteiger partial charge on any atom is 0.130 e. The number of nitrogens with zero attached hydrogens (tertiary/aromatic N) is 1. The zero-order chi connectivity index (χ0) is 12.2. The van der Waals surface area contributed by atoms with Crippen LogP contribution in [0.5, 0.6) is 5.75 Å². The molecule has 0 saturated heterocycles. The van der Waals surface area contributed by atoms with Crippen LogP contribution in [0.1, 0.15) is 4.88 Å². The topological polar surface area (TPSA) is 22.1 Å². The lowest BCUT2D eigenvalue weighted by molar-refractivity contribution is 0.326. The summed E-state index contributed by atoms with van der Waals surface area (Å²) < 4.78 is 5.86. The zero-order valence-electron chi connectivity index (χ0n) is 9.87. The van der Waals surface area contributed by atoms with E-state index >= 15 is 0 Å². The molecule has 3 heteroatoms. The predicted octanol–water partition coefficient (Wildman–Crippen LogP) is 3.92. The molecule has 3 rings (SSSR count). The second-order valence-corrected chi connectivity index (χ2v) is 5.04. The van der Waals surface area contributed by atoms with Gasteiger partial charge < -0.3 is 4.74 Å². The van der Waals surface area contributed by atoms with Gasteiger partial charge in [-0.3, -0.25) is 4.98 Å². The molecule has 0 bridgehead atoms. The first-order valence-corrected chi connectivity index (χ1v) is 6.80. The van der Waals surface area contributed by atoms with Gasteiger partial charge in [0.25, 0.3) is 0 Å². The number of pyridine rings is 1. The lowest BCUT2D eigenvalue weighted by Crippen LogP contribution is -2.00. The SMILES string of the molecule is c1csc(CCOc2ccnc3ccccc23)c1. The summed E-state index contributed by atoms with van der Waals surface area (Å²) in [5.74, 6) is 0.914. The van der Waals surface area contributed by atoms with Gasteiger partial charge in [0.1, 0.15) is 5.75 Å². The summed E-state index contributed by atoms with van der Waals surface area (Å²) in [7, 11) is 0. The van der Waals surface area contributed by atoms with Gasteiger partial charge in [-0.1, -0.05) is 18.2 Å². The molecule has 0 radical (unpaired) electrons. The Labute approximate surface area is 110 Å². The van der Waals surface area contributed by atoms with Crippen molar-refractivity contribution in [2.75, 3.05) is 6.61 Å². The van der Waals surface area contributed by atoms with Crippen LogP contribution < -0.4 is 4.74 Å². The molecule has 0 amide bonds. The summed E-state index contributed by atoms with van der Waals surface area (Å²) in [5, 5.41) is 3.17. The van der Waals surface area contributed by atoms with Crippen molar-refractivity contribution in [3.05, 3.63) is 58.9 Å². The summed E-state index contributed by atoms with van der Waals surface area (Å²) in [5.41, 5.74) is 0.978. The van der Waals surface area contributed by atoms with Gasteiger partial charge in [0.2, 0.25) is 0 Å². The van der Waals surface area contributed by atoms with Crippen LogP contribution >= 0.6 is 11.3 Å². The normalized spacial score (nSPS) is 10.7. The van der Waals surface area contributed by atoms with Crippen LogP contribution in [-0.4, -0.2) is 11.6 Å². The Kier molecular flexibility index (Phi) is 3.24. The van der Waals surface area contributed by atoms with E-state index in [9.17, 15) is 0 Å². The second kappa shape index (κ2) is 5.19. The Morgan fingerprint density at radius 1 is 1.06 bits per heavy atom. The first-order chi connectivity index (χ1) is 8.93. The smallest absolute Gasteiger partial charge is 0.130 e. The highest BCUT2D eigenvalue weighted by molar-refractivity contribution is 7.09. The van der Waals surface area contributed by atoms with E-state index in [4.69, 9.17) is 4.74 Å². The van der Waals surface area contributed by atoms with E-state index in [-0.39, 0.29) is 0 Å². The first-order valence-electron chi connectivity index (χ1n) is 5.92. The molecule has 2 aromatic heterocycles. The summed E-state index contributed by atoms with van der Waals surface area (Å²) in [6.45, 7) is 0.703. The van der Waals surface area contributed by atoms with Crippen molar-refractivity contribution in [1.82, 2.24) is 4.98 Å². The molecular weight excluding hydrogens is 242 g/mol. The molecule has 2 nitrogen and oxygen atoms in total. The van der Waals surface area contributed by atoms with E-state index in [1.807, 2.05) is 30.3 Å². The molecule has 0 fully saturated rings. The molecular formula is C15H13NOS. The third-order valence-corrected chi connectivity index (χ3v) is 3.73. The van der Waals surface area contributed by atoms with Crippen LogP contribution in [0.15, 0.2) is 54.0 Å². The van der Waals surface area contributed by atoms with Gasteiger partial charge in [0, 0.05) is 22.9 Å². The van der Waals surface area contributed by atoms with Gasteiger partial charge in [-0.2, -0.15) is 0 Å². The van der Waals surface area contributed by atoms with Gasteiger partial charge in [-0.15, -0.1) is 11.3 Å². The lowest BCUT2D eigenvalue weighted by Gasteiger charge is -2.08. The van der Waals surface area contributed by atoms with Crippen LogP contribution in [0, 0.1) is 0 Å². The van der Waals surface area contributed by atoms with E-state index < -0.39 is 0 Å². The molecule has 0 saturated carbocycles. The average Bonchev–Trinajstić information content (AvgIpc) is 2.92. The van der Waals surface area contributed by atoms with Gasteiger partial charge in [0.05, 0.1) is 12.1 Å². The van der Waals surface area contributed by atoms with Crippen LogP contribution in [-0.2, 0) is 6.42 Å². The third-order valence-electron chi connectivity index (χ3n) is 2.80. The fraction of sp³-hybridized carbons (Fsp3) is 0.133. The van der Waals surface area contributed by atoms with Gasteiger partial charge in [-0.05, 0) is 29.6 Å². The maximum absolute atomic E-state index is 5.86. The largest absolute Gasteiger partial charge is 0.492 e. The van der Waals surface area contributed by atoms with Crippen molar-refractivity contribution in [3.63, 3.8) is 0 Å². The summed E-state index contributed by atoms with van der Waals surface area (Å²) in [6.07, 6.45) is 2.75. The van der Waals surface area contributed by atoms with Gasteiger partial charge in [-0.25, -0.2) is 0 Å². The molecule has 0 atom stereocenters. The molecule has 0 unspecified atom stereocenters. The predicted molar refractivity (Wildman–Crippen MR) is 75.3 cm³/mol.